The van der Waals surface area contributed by atoms with E-state index in [0.717, 1.165) is 0 Å². The van der Waals surface area contributed by atoms with Crippen LogP contribution in [0.25, 0.3) is 0 Å². The summed E-state index contributed by atoms with van der Waals surface area (Å²) in [5, 5.41) is 251. The van der Waals surface area contributed by atoms with E-state index in [4.69, 9.17) is 52.1 Å². The van der Waals surface area contributed by atoms with E-state index in [9.17, 15) is 161 Å². The molecule has 10 atom stereocenters. The Labute approximate surface area is 613 Å². The minimum Gasteiger partial charge on any atom is -0.504 e. The molecule has 0 aromatic heterocycles. The Hall–Kier alpha value is -15.4. The van der Waals surface area contributed by atoms with Crippen molar-refractivity contribution in [1.82, 2.24) is 0 Å². The van der Waals surface area contributed by atoms with E-state index in [1.54, 1.807) is 0 Å². The van der Waals surface area contributed by atoms with Crippen molar-refractivity contribution in [3.63, 3.8) is 0 Å². The van der Waals surface area contributed by atoms with Crippen LogP contribution in [0.3, 0.4) is 0 Å². The largest absolute Gasteiger partial charge is 0.504 e. The molecule has 43 heteroatoms. The number of rotatable bonds is 20. The van der Waals surface area contributed by atoms with E-state index in [-0.39, 0.29) is 0 Å². The number of benzene rings is 8. The Morgan fingerprint density at radius 1 is 0.216 bits per heavy atom. The first-order valence-corrected chi connectivity index (χ1v) is 30.8. The Balaban J connectivity index is 1.23. The third-order valence-electron chi connectivity index (χ3n) is 16.1. The van der Waals surface area contributed by atoms with Crippen molar-refractivity contribution in [1.29, 1.82) is 0 Å². The van der Waals surface area contributed by atoms with Gasteiger partial charge >= 0.3 is 47.8 Å². The van der Waals surface area contributed by atoms with Crippen LogP contribution in [0.4, 0.5) is 0 Å². The van der Waals surface area contributed by atoms with Crippen molar-refractivity contribution in [2.75, 3.05) is 13.2 Å². The van der Waals surface area contributed by atoms with Gasteiger partial charge in [-0.3, -0.25) is 0 Å². The summed E-state index contributed by atoms with van der Waals surface area (Å²) in [6.45, 7) is -3.18. The molecule has 2 aliphatic heterocycles. The van der Waals surface area contributed by atoms with E-state index in [1.165, 1.54) is 0 Å². The third kappa shape index (κ3) is 16.4. The molecule has 43 nitrogen and oxygen atoms in total. The van der Waals surface area contributed by atoms with Gasteiger partial charge in [-0.05, 0) is 97.1 Å². The highest BCUT2D eigenvalue weighted by Crippen LogP contribution is 2.46. The van der Waals surface area contributed by atoms with Crippen LogP contribution in [0.1, 0.15) is 82.9 Å². The van der Waals surface area contributed by atoms with Gasteiger partial charge in [-0.1, -0.05) is 0 Å². The maximum atomic E-state index is 14.9. The summed E-state index contributed by atoms with van der Waals surface area (Å²) in [5.41, 5.74) is -7.99. The molecule has 8 aromatic rings. The number of carbonyl (C=O) groups excluding carboxylic acids is 8. The summed E-state index contributed by atoms with van der Waals surface area (Å²) in [6, 6.07) is 6.70. The van der Waals surface area contributed by atoms with Gasteiger partial charge in [0.05, 0.1) is 44.5 Å². The van der Waals surface area contributed by atoms with Crippen LogP contribution in [0.5, 0.6) is 138 Å². The second kappa shape index (κ2) is 31.0. The van der Waals surface area contributed by atoms with Gasteiger partial charge in [0.25, 0.3) is 0 Å². The normalized spacial score (nSPS) is 19.3. The number of carbonyl (C=O) groups is 8. The first kappa shape index (κ1) is 78.2. The number of ether oxygens (including phenoxy) is 11. The zero-order chi connectivity index (χ0) is 81.4. The topological polar surface area (TPSA) is 724 Å². The lowest BCUT2D eigenvalue weighted by atomic mass is 9.96. The van der Waals surface area contributed by atoms with Gasteiger partial charge in [0.2, 0.25) is 12.6 Å². The van der Waals surface area contributed by atoms with Crippen LogP contribution < -0.4 is 0 Å². The fourth-order valence-corrected chi connectivity index (χ4v) is 10.6. The second-order valence-corrected chi connectivity index (χ2v) is 23.5. The van der Waals surface area contributed by atoms with Crippen molar-refractivity contribution in [3.8, 4) is 138 Å². The Morgan fingerprint density at radius 2 is 0.360 bits per heavy atom. The number of phenols is 24. The monoisotopic (exact) mass is 1560 g/mol. The molecule has 0 unspecified atom stereocenters. The Morgan fingerprint density at radius 3 is 0.532 bits per heavy atom. The maximum absolute atomic E-state index is 14.9. The molecule has 0 saturated carbocycles. The highest BCUT2D eigenvalue weighted by Gasteiger charge is 2.59. The van der Waals surface area contributed by atoms with Crippen molar-refractivity contribution in [3.05, 3.63) is 142 Å². The highest BCUT2D eigenvalue weighted by atomic mass is 16.8. The number of hydrogen-bond acceptors (Lipinski definition) is 43. The molecule has 0 bridgehead atoms. The average Bonchev–Trinajstić information content (AvgIpc) is 0.758. The summed E-state index contributed by atoms with van der Waals surface area (Å²) in [6.07, 6.45) is -29.0. The molecule has 0 radical (unpaired) electrons. The van der Waals surface area contributed by atoms with Gasteiger partial charge < -0.3 is 175 Å². The van der Waals surface area contributed by atoms with Crippen molar-refractivity contribution in [2.24, 2.45) is 0 Å². The number of phenolic OH excluding ortho intramolecular Hbond substituents is 24. The van der Waals surface area contributed by atoms with Crippen LogP contribution in [0.2, 0.25) is 0 Å². The van der Waals surface area contributed by atoms with Gasteiger partial charge in [-0.15, -0.1) is 0 Å². The molecule has 111 heavy (non-hydrogen) atoms. The van der Waals surface area contributed by atoms with Crippen molar-refractivity contribution < 1.29 is 213 Å². The quantitative estimate of drug-likeness (QED) is 0.0296. The van der Waals surface area contributed by atoms with Crippen molar-refractivity contribution in [2.45, 2.75) is 61.4 Å². The molecule has 0 spiro atoms. The molecule has 2 heterocycles. The van der Waals surface area contributed by atoms with Gasteiger partial charge in [0.15, 0.2) is 175 Å². The third-order valence-corrected chi connectivity index (χ3v) is 16.1. The Bertz CT molecular complexity index is 4610. The number of hydrogen-bond donors (Lipinski definition) is 24. The predicted molar refractivity (Wildman–Crippen MR) is 346 cm³/mol. The van der Waals surface area contributed by atoms with E-state index >= 15 is 0 Å². The molecule has 2 fully saturated rings. The summed E-state index contributed by atoms with van der Waals surface area (Å²) >= 11 is 0. The van der Waals surface area contributed by atoms with E-state index in [1.807, 2.05) is 0 Å². The minimum atomic E-state index is -3.10. The lowest BCUT2D eigenvalue weighted by Crippen LogP contribution is -2.67. The van der Waals surface area contributed by atoms with Gasteiger partial charge in [-0.25, -0.2) is 38.4 Å². The highest BCUT2D eigenvalue weighted by molar-refractivity contribution is 5.96. The molecule has 584 valence electrons. The lowest BCUT2D eigenvalue weighted by Gasteiger charge is -2.48. The van der Waals surface area contributed by atoms with E-state index in [2.05, 4.69) is 0 Å². The van der Waals surface area contributed by atoms with Crippen LogP contribution in [0, 0.1) is 0 Å². The summed E-state index contributed by atoms with van der Waals surface area (Å²) < 4.78 is 64.7. The molecule has 0 aliphatic carbocycles. The molecule has 0 amide bonds. The number of aromatic hydroxyl groups is 24. The minimum absolute atomic E-state index is 0.378. The SMILES string of the molecule is O=C(OC[C@H]1O[C@H](O[C@H]2O[C@H](COC(=O)c3cc(O)c(O)c(O)c3)[C@@H](OC(=O)c3cc(O)c(O)c(O)c3)[C@H](OC(=O)c3cc(O)c(O)c(O)c3)[C@H]2OC(=O)c2cc(O)c(O)c(O)c2)[C@H](OC(=O)c2cc(O)c(O)c(O)c2)[C@@H](OC(=O)c2cc(O)c(O)c(O)c2)[C@@H]1OC(=O)c1cc(O)c(O)c(O)c1)c1cc(O)c(O)c(O)c1. The summed E-state index contributed by atoms with van der Waals surface area (Å²) in [4.78, 5) is 117. The van der Waals surface area contributed by atoms with Gasteiger partial charge in [-0.2, -0.15) is 0 Å². The van der Waals surface area contributed by atoms with Gasteiger partial charge in [0.1, 0.15) is 25.4 Å². The summed E-state index contributed by atoms with van der Waals surface area (Å²) in [7, 11) is 0. The average molecular weight is 1560 g/mol. The van der Waals surface area contributed by atoms with Crippen LogP contribution in [-0.4, -0.2) is 245 Å². The number of esters is 8. The molecular formula is C68H54O43. The smallest absolute Gasteiger partial charge is 0.339 e. The molecule has 2 aliphatic rings. The molecule has 10 rings (SSSR count). The molecule has 8 aromatic carbocycles. The fourth-order valence-electron chi connectivity index (χ4n) is 10.6. The zero-order valence-corrected chi connectivity index (χ0v) is 54.9. The van der Waals surface area contributed by atoms with Crippen molar-refractivity contribution >= 4 is 47.8 Å². The van der Waals surface area contributed by atoms with E-state index < -0.39 is 305 Å². The predicted octanol–water partition coefficient (Wildman–Crippen LogP) is 2.45. The second-order valence-electron chi connectivity index (χ2n) is 23.5. The Kier molecular flexibility index (Phi) is 21.8. The van der Waals surface area contributed by atoms with Crippen LogP contribution in [-0.2, 0) is 52.1 Å². The molecular weight excluding hydrogens is 1500 g/mol. The van der Waals surface area contributed by atoms with Gasteiger partial charge in [0, 0.05) is 0 Å². The summed E-state index contributed by atoms with van der Waals surface area (Å²) in [5.74, 6) is -45.4. The molecule has 2 saturated heterocycles. The van der Waals surface area contributed by atoms with Crippen LogP contribution in [0.15, 0.2) is 97.1 Å². The lowest BCUT2D eigenvalue weighted by molar-refractivity contribution is -0.373. The van der Waals surface area contributed by atoms with E-state index in [0.29, 0.717) is 97.1 Å². The van der Waals surface area contributed by atoms with Crippen LogP contribution >= 0.6 is 0 Å². The molecule has 24 N–H and O–H groups in total. The zero-order valence-electron chi connectivity index (χ0n) is 54.9. The first-order valence-electron chi connectivity index (χ1n) is 30.8. The maximum Gasteiger partial charge on any atom is 0.339 e. The first-order chi connectivity index (χ1) is 52.2. The standard InChI is InChI=1S/C68H54O43/c69-27-1-19(2-28(70)45(27)85)59(93)101-17-43-53(105-61(95)21-5-31(73)47(87)32(74)6-21)55(107-63(97)23-9-35(77)49(89)36(78)10-23)57(109-65(99)25-13-39(81)51(91)40(82)14-25)67(103-43)111-68-58(110-66(100)26-15-41(83)52(92)42(84)16-26)56(108-64(98)24-11-37(79)50(90)38(80)12-24)54(106-62(96)22-7-33(75)48(88)34(76)8-22)44(104-68)18-102-60(94)20-3-29(71)46(86)30(72)4-20/h1-16,43-44,53-58,67-92H,17-18H2/t43-,44-,53-,54-,55+,56+,57-,58-,67-,68-/m1/s1. The fraction of sp³-hybridized carbons (Fsp3) is 0.176.